The van der Waals surface area contributed by atoms with E-state index in [1.165, 1.54) is 47.7 Å². The summed E-state index contributed by atoms with van der Waals surface area (Å²) in [7, 11) is 1.46. The molecule has 15 heteroatoms. The standard InChI is InChI=1S/C38H52N6O9/c1-24-20-31-38(52)53-23-29(41-34(48)28(21-27-14-9-8-10-15-27)40-32(46)17-11-6-5-7-12-19-45)36(50)43-18-13-16-30(43)37(51)42(4)26(3)33(47)39-25(2)35(49)44(31)22-24/h5-6,8-11,14-15,17,24-26,28-31,45H,7,12-13,16,18-23H2,1-4H3,(H,39,47)(H,40,46)(H,41,48). The molecule has 4 N–H and O–H groups in total. The second-order valence-electron chi connectivity index (χ2n) is 14.0. The summed E-state index contributed by atoms with van der Waals surface area (Å²) in [6, 6.07) is 2.48. The van der Waals surface area contributed by atoms with Crippen molar-refractivity contribution in [1.82, 2.24) is 30.7 Å². The maximum absolute atomic E-state index is 14.3. The van der Waals surface area contributed by atoms with Gasteiger partial charge in [0.2, 0.25) is 35.4 Å². The first-order valence-electron chi connectivity index (χ1n) is 18.3. The third-order valence-corrected chi connectivity index (χ3v) is 9.87. The summed E-state index contributed by atoms with van der Waals surface area (Å²) in [5, 5.41) is 17.0. The van der Waals surface area contributed by atoms with Crippen LogP contribution in [-0.2, 0) is 44.7 Å². The van der Waals surface area contributed by atoms with Crippen LogP contribution >= 0.6 is 0 Å². The number of amides is 6. The number of nitrogens with zero attached hydrogens (tertiary/aromatic N) is 3. The molecule has 0 radical (unpaired) electrons. The van der Waals surface area contributed by atoms with Crippen molar-refractivity contribution in [1.29, 1.82) is 0 Å². The average molecular weight is 737 g/mol. The topological polar surface area (TPSA) is 195 Å². The number of benzene rings is 1. The van der Waals surface area contributed by atoms with Crippen molar-refractivity contribution in [2.75, 3.05) is 33.4 Å². The molecule has 53 heavy (non-hydrogen) atoms. The van der Waals surface area contributed by atoms with E-state index in [9.17, 15) is 33.6 Å². The Morgan fingerprint density at radius 3 is 2.45 bits per heavy atom. The van der Waals surface area contributed by atoms with Crippen molar-refractivity contribution < 1.29 is 43.4 Å². The Hall–Kier alpha value is -5.05. The summed E-state index contributed by atoms with van der Waals surface area (Å²) in [5.74, 6) is -4.33. The maximum Gasteiger partial charge on any atom is 0.328 e. The van der Waals surface area contributed by atoms with Crippen molar-refractivity contribution in [3.63, 3.8) is 0 Å². The average Bonchev–Trinajstić information content (AvgIpc) is 3.80. The van der Waals surface area contributed by atoms with Crippen LogP contribution in [0.1, 0.15) is 58.4 Å². The first-order valence-corrected chi connectivity index (χ1v) is 18.3. The Bertz CT molecular complexity index is 1570. The number of hydrogen-bond acceptors (Lipinski definition) is 9. The molecule has 0 aromatic heterocycles. The highest BCUT2D eigenvalue weighted by atomic mass is 16.5. The SMILES string of the molecule is CC1CC2C(=O)OCC(NC(=O)C(Cc3ccccc3)NC(=O)C=CC=CCCCO)C(=O)N3CCCC3C(=O)N(C)C(C)C(=O)NC(C)C(=O)N2C1. The second-order valence-corrected chi connectivity index (χ2v) is 14.0. The molecule has 6 amide bonds. The molecule has 0 bridgehead atoms. The number of carbonyl (C=O) groups is 7. The highest BCUT2D eigenvalue weighted by Crippen LogP contribution is 2.26. The lowest BCUT2D eigenvalue weighted by Gasteiger charge is -2.34. The summed E-state index contributed by atoms with van der Waals surface area (Å²) >= 11 is 0. The number of carbonyl (C=O) groups excluding carboxylic acids is 7. The zero-order chi connectivity index (χ0) is 38.7. The number of aliphatic hydroxyl groups is 1. The van der Waals surface area contributed by atoms with E-state index in [2.05, 4.69) is 16.0 Å². The lowest BCUT2D eigenvalue weighted by molar-refractivity contribution is -0.158. The van der Waals surface area contributed by atoms with Crippen LogP contribution in [-0.4, -0.2) is 131 Å². The van der Waals surface area contributed by atoms with Crippen LogP contribution in [0.4, 0.5) is 0 Å². The first-order chi connectivity index (χ1) is 25.3. The molecule has 3 aliphatic heterocycles. The first kappa shape index (κ1) is 40.7. The monoisotopic (exact) mass is 736 g/mol. The molecule has 7 atom stereocenters. The van der Waals surface area contributed by atoms with Gasteiger partial charge in [0.25, 0.3) is 0 Å². The normalized spacial score (nSPS) is 26.7. The largest absolute Gasteiger partial charge is 0.461 e. The third kappa shape index (κ3) is 10.7. The zero-order valence-electron chi connectivity index (χ0n) is 30.9. The zero-order valence-corrected chi connectivity index (χ0v) is 30.9. The van der Waals surface area contributed by atoms with Gasteiger partial charge in [-0.3, -0.25) is 28.8 Å². The van der Waals surface area contributed by atoms with E-state index in [4.69, 9.17) is 9.84 Å². The molecule has 15 nitrogen and oxygen atoms in total. The molecule has 0 saturated carbocycles. The number of cyclic esters (lactones) is 1. The molecular weight excluding hydrogens is 684 g/mol. The summed E-state index contributed by atoms with van der Waals surface area (Å²) in [6.45, 7) is 4.82. The summed E-state index contributed by atoms with van der Waals surface area (Å²) in [4.78, 5) is 99.2. The van der Waals surface area contributed by atoms with E-state index in [-0.39, 0.29) is 32.0 Å². The Labute approximate surface area is 310 Å². The fourth-order valence-corrected chi connectivity index (χ4v) is 6.76. The van der Waals surface area contributed by atoms with Gasteiger partial charge in [-0.25, -0.2) is 4.79 Å². The number of rotatable bonds is 10. The minimum atomic E-state index is -1.44. The predicted octanol–water partition coefficient (Wildman–Crippen LogP) is 0.220. The quantitative estimate of drug-likeness (QED) is 0.113. The van der Waals surface area contributed by atoms with Crippen LogP contribution in [0.5, 0.6) is 0 Å². The summed E-state index contributed by atoms with van der Waals surface area (Å²) in [6.07, 6.45) is 8.59. The molecular formula is C38H52N6O9. The summed E-state index contributed by atoms with van der Waals surface area (Å²) in [5.41, 5.74) is 0.734. The van der Waals surface area contributed by atoms with E-state index < -0.39 is 84.3 Å². The van der Waals surface area contributed by atoms with Gasteiger partial charge in [-0.05, 0) is 57.4 Å². The van der Waals surface area contributed by atoms with E-state index in [1.54, 1.807) is 36.4 Å². The van der Waals surface area contributed by atoms with Crippen molar-refractivity contribution in [2.45, 2.75) is 95.5 Å². The van der Waals surface area contributed by atoms with Crippen LogP contribution in [0, 0.1) is 5.92 Å². The molecule has 288 valence electrons. The summed E-state index contributed by atoms with van der Waals surface area (Å²) < 4.78 is 5.68. The van der Waals surface area contributed by atoms with Gasteiger partial charge in [-0.2, -0.15) is 0 Å². The van der Waals surface area contributed by atoms with Gasteiger partial charge >= 0.3 is 5.97 Å². The maximum atomic E-state index is 14.3. The number of aliphatic hydroxyl groups excluding tert-OH is 1. The lowest BCUT2D eigenvalue weighted by atomic mass is 10.0. The number of ether oxygens (including phenoxy) is 1. The molecule has 3 fully saturated rings. The van der Waals surface area contributed by atoms with E-state index in [0.29, 0.717) is 32.1 Å². The van der Waals surface area contributed by atoms with Crippen LogP contribution < -0.4 is 16.0 Å². The van der Waals surface area contributed by atoms with E-state index in [1.807, 2.05) is 13.0 Å². The Morgan fingerprint density at radius 2 is 1.74 bits per heavy atom. The second kappa shape index (κ2) is 19.1. The fraction of sp³-hybridized carbons (Fsp3) is 0.553. The predicted molar refractivity (Wildman–Crippen MR) is 193 cm³/mol. The van der Waals surface area contributed by atoms with Crippen molar-refractivity contribution in [3.8, 4) is 0 Å². The van der Waals surface area contributed by atoms with Crippen molar-refractivity contribution in [3.05, 3.63) is 60.2 Å². The number of nitrogens with one attached hydrogen (secondary N) is 3. The number of hydrogen-bond donors (Lipinski definition) is 4. The molecule has 1 aromatic rings. The minimum Gasteiger partial charge on any atom is -0.461 e. The van der Waals surface area contributed by atoms with Crippen LogP contribution in [0.15, 0.2) is 54.6 Å². The molecule has 4 rings (SSSR count). The van der Waals surface area contributed by atoms with E-state index >= 15 is 0 Å². The smallest absolute Gasteiger partial charge is 0.328 e. The number of fused-ring (bicyclic) bond motifs is 2. The van der Waals surface area contributed by atoms with Gasteiger partial charge in [0.1, 0.15) is 42.9 Å². The number of allylic oxidation sites excluding steroid dienone is 3. The van der Waals surface area contributed by atoms with Gasteiger partial charge in [-0.15, -0.1) is 0 Å². The molecule has 3 aliphatic rings. The van der Waals surface area contributed by atoms with Crippen LogP contribution in [0.3, 0.4) is 0 Å². The van der Waals surface area contributed by atoms with Gasteiger partial charge in [0, 0.05) is 39.2 Å². The number of unbranched alkanes of at least 4 members (excludes halogenated alkanes) is 1. The molecule has 3 saturated heterocycles. The molecule has 0 aliphatic carbocycles. The van der Waals surface area contributed by atoms with Crippen LogP contribution in [0.25, 0.3) is 0 Å². The highest BCUT2D eigenvalue weighted by molar-refractivity contribution is 5.98. The highest BCUT2D eigenvalue weighted by Gasteiger charge is 2.44. The molecule has 7 unspecified atom stereocenters. The van der Waals surface area contributed by atoms with Gasteiger partial charge in [0.05, 0.1) is 0 Å². The molecule has 3 heterocycles. The Balaban J connectivity index is 1.64. The van der Waals surface area contributed by atoms with Crippen LogP contribution in [0.2, 0.25) is 0 Å². The Kier molecular flexibility index (Phi) is 14.7. The Morgan fingerprint density at radius 1 is 1.00 bits per heavy atom. The fourth-order valence-electron chi connectivity index (χ4n) is 6.76. The van der Waals surface area contributed by atoms with Gasteiger partial charge in [-0.1, -0.05) is 55.5 Å². The lowest BCUT2D eigenvalue weighted by Crippen LogP contribution is -2.60. The molecule has 0 spiro atoms. The van der Waals surface area contributed by atoms with Crippen molar-refractivity contribution in [2.24, 2.45) is 5.92 Å². The van der Waals surface area contributed by atoms with Gasteiger partial charge in [0.15, 0.2) is 0 Å². The number of esters is 1. The third-order valence-electron chi connectivity index (χ3n) is 9.87. The molecule has 1 aromatic carbocycles. The van der Waals surface area contributed by atoms with Gasteiger partial charge < -0.3 is 40.5 Å². The number of likely N-dealkylation sites (N-methyl/N-ethyl adjacent to an activating group) is 1. The van der Waals surface area contributed by atoms with E-state index in [0.717, 1.165) is 5.56 Å². The minimum absolute atomic E-state index is 0.0500. The van der Waals surface area contributed by atoms with Crippen molar-refractivity contribution >= 4 is 41.4 Å².